The molecule has 3 atom stereocenters. The van der Waals surface area contributed by atoms with Gasteiger partial charge >= 0.3 is 5.96 Å². The number of benzene rings is 1. The zero-order chi connectivity index (χ0) is 20.4. The maximum Gasteiger partial charge on any atom is 0.348 e. The minimum absolute atomic E-state index is 0.109. The third kappa shape index (κ3) is 4.16. The number of rotatable bonds is 3. The predicted octanol–water partition coefficient (Wildman–Crippen LogP) is 2.32. The normalized spacial score (nSPS) is 27.3. The topological polar surface area (TPSA) is 112 Å². The van der Waals surface area contributed by atoms with Gasteiger partial charge in [0, 0.05) is 31.2 Å². The molecule has 4 rings (SSSR count). The molecule has 3 aliphatic rings. The van der Waals surface area contributed by atoms with E-state index in [1.165, 1.54) is 11.1 Å². The minimum Gasteiger partial charge on any atom is -0.495 e. The van der Waals surface area contributed by atoms with Crippen LogP contribution in [0.1, 0.15) is 68.0 Å². The van der Waals surface area contributed by atoms with Crippen LogP contribution in [0.4, 0.5) is 0 Å². The van der Waals surface area contributed by atoms with Crippen molar-refractivity contribution in [1.82, 2.24) is 4.90 Å². The van der Waals surface area contributed by atoms with E-state index in [1.807, 2.05) is 12.3 Å². The standard InChI is InChI=1S/C22H31N5O2/c23-19-10-8-15(17-5-1-2-6-18(17)19)14-29-16-9-11-20(24)27(13-16)22(25)26-12-4-3-7-21(26)28/h1-2,5-6,13,15,19,21,24-25,28H,3-4,7-12,14,23H2/p+1/t15?,19?,21-/m0/s1. The van der Waals surface area contributed by atoms with Crippen LogP contribution in [0.2, 0.25) is 0 Å². The molecule has 0 saturated carbocycles. The lowest BCUT2D eigenvalue weighted by Crippen LogP contribution is -2.49. The molecule has 0 bridgehead atoms. The van der Waals surface area contributed by atoms with Crippen molar-refractivity contribution in [3.8, 4) is 0 Å². The number of hydrogen-bond acceptors (Lipinski definition) is 5. The van der Waals surface area contributed by atoms with Crippen molar-refractivity contribution in [3.05, 3.63) is 47.4 Å². The van der Waals surface area contributed by atoms with Crippen LogP contribution in [0.3, 0.4) is 0 Å². The summed E-state index contributed by atoms with van der Waals surface area (Å²) >= 11 is 0. The fourth-order valence-corrected chi connectivity index (χ4v) is 4.56. The molecule has 29 heavy (non-hydrogen) atoms. The Morgan fingerprint density at radius 3 is 2.76 bits per heavy atom. The summed E-state index contributed by atoms with van der Waals surface area (Å²) in [6.45, 7) is 1.27. The van der Waals surface area contributed by atoms with Gasteiger partial charge in [0.2, 0.25) is 0 Å². The lowest BCUT2D eigenvalue weighted by Gasteiger charge is -2.31. The predicted molar refractivity (Wildman–Crippen MR) is 112 cm³/mol. The van der Waals surface area contributed by atoms with Gasteiger partial charge in [-0.15, -0.1) is 0 Å². The molecule has 2 aliphatic heterocycles. The van der Waals surface area contributed by atoms with Crippen LogP contribution in [0.5, 0.6) is 0 Å². The molecule has 7 heteroatoms. The van der Waals surface area contributed by atoms with E-state index in [4.69, 9.17) is 21.6 Å². The van der Waals surface area contributed by atoms with Gasteiger partial charge in [-0.25, -0.2) is 0 Å². The zero-order valence-electron chi connectivity index (χ0n) is 16.9. The Balaban J connectivity index is 1.45. The van der Waals surface area contributed by atoms with E-state index in [1.54, 1.807) is 9.48 Å². The molecule has 6 N–H and O–H groups in total. The number of piperidine rings is 1. The highest BCUT2D eigenvalue weighted by Crippen LogP contribution is 2.36. The Hall–Kier alpha value is -2.38. The fourth-order valence-electron chi connectivity index (χ4n) is 4.56. The molecule has 2 unspecified atom stereocenters. The molecule has 0 amide bonds. The number of fused-ring (bicyclic) bond motifs is 1. The highest BCUT2D eigenvalue weighted by atomic mass is 16.5. The summed E-state index contributed by atoms with van der Waals surface area (Å²) in [4.78, 5) is 1.72. The number of likely N-dealkylation sites (tertiary alicyclic amines) is 1. The number of aliphatic hydroxyl groups is 1. The first kappa shape index (κ1) is 19.9. The second-order valence-electron chi connectivity index (χ2n) is 8.27. The number of nitrogens with zero attached hydrogens (tertiary/aromatic N) is 2. The number of amidine groups is 1. The Labute approximate surface area is 172 Å². The summed E-state index contributed by atoms with van der Waals surface area (Å²) in [5, 5.41) is 18.8. The Morgan fingerprint density at radius 2 is 1.97 bits per heavy atom. The minimum atomic E-state index is -0.619. The Bertz CT molecular complexity index is 834. The van der Waals surface area contributed by atoms with Crippen LogP contribution in [-0.4, -0.2) is 45.8 Å². The fraction of sp³-hybridized carbons (Fsp3) is 0.545. The molecule has 1 aliphatic carbocycles. The first-order valence-electron chi connectivity index (χ1n) is 10.7. The summed E-state index contributed by atoms with van der Waals surface area (Å²) in [7, 11) is 0. The average Bonchev–Trinajstić information content (AvgIpc) is 2.74. The van der Waals surface area contributed by atoms with Crippen molar-refractivity contribution >= 4 is 11.8 Å². The van der Waals surface area contributed by atoms with E-state index in [2.05, 4.69) is 18.2 Å². The van der Waals surface area contributed by atoms with Gasteiger partial charge < -0.3 is 21.3 Å². The van der Waals surface area contributed by atoms with Gasteiger partial charge in [0.25, 0.3) is 0 Å². The van der Waals surface area contributed by atoms with Crippen molar-refractivity contribution < 1.29 is 14.4 Å². The molecular weight excluding hydrogens is 366 g/mol. The summed E-state index contributed by atoms with van der Waals surface area (Å²) in [5.41, 5.74) is 15.0. The van der Waals surface area contributed by atoms with Gasteiger partial charge in [0.15, 0.2) is 12.1 Å². The Morgan fingerprint density at radius 1 is 1.17 bits per heavy atom. The zero-order valence-corrected chi connectivity index (χ0v) is 16.9. The van der Waals surface area contributed by atoms with Gasteiger partial charge in [-0.05, 0) is 36.8 Å². The molecule has 0 radical (unpaired) electrons. The van der Waals surface area contributed by atoms with Crippen molar-refractivity contribution in [2.24, 2.45) is 11.5 Å². The first-order chi connectivity index (χ1) is 14.0. The SMILES string of the molecule is N=C(N1CCCC[C@@H]1O)[N+]1=C(N)CCC(OCC2CCC(N)c3ccccc32)=C1. The quantitative estimate of drug-likeness (QED) is 0.355. The largest absolute Gasteiger partial charge is 0.495 e. The maximum atomic E-state index is 10.3. The third-order valence-corrected chi connectivity index (χ3v) is 6.31. The van der Waals surface area contributed by atoms with Crippen molar-refractivity contribution in [3.63, 3.8) is 0 Å². The monoisotopic (exact) mass is 398 g/mol. The lowest BCUT2D eigenvalue weighted by atomic mass is 9.81. The van der Waals surface area contributed by atoms with Gasteiger partial charge in [0.05, 0.1) is 19.4 Å². The Kier molecular flexibility index (Phi) is 5.87. The summed E-state index contributed by atoms with van der Waals surface area (Å²) in [5.74, 6) is 2.01. The lowest BCUT2D eigenvalue weighted by molar-refractivity contribution is -0.355. The van der Waals surface area contributed by atoms with E-state index >= 15 is 0 Å². The van der Waals surface area contributed by atoms with Gasteiger partial charge in [-0.2, -0.15) is 9.98 Å². The smallest absolute Gasteiger partial charge is 0.348 e. The molecule has 1 saturated heterocycles. The van der Waals surface area contributed by atoms with Crippen LogP contribution in [-0.2, 0) is 4.74 Å². The second kappa shape index (κ2) is 8.55. The molecule has 2 heterocycles. The number of nitrogens with one attached hydrogen (secondary N) is 1. The van der Waals surface area contributed by atoms with Crippen LogP contribution in [0, 0.1) is 5.41 Å². The number of ether oxygens (including phenoxy) is 1. The van der Waals surface area contributed by atoms with Crippen LogP contribution in [0.25, 0.3) is 0 Å². The molecule has 156 valence electrons. The highest BCUT2D eigenvalue weighted by molar-refractivity contribution is 5.84. The number of aliphatic hydroxyl groups excluding tert-OH is 1. The van der Waals surface area contributed by atoms with Gasteiger partial charge in [-0.1, -0.05) is 24.3 Å². The van der Waals surface area contributed by atoms with Gasteiger partial charge in [0.1, 0.15) is 5.76 Å². The van der Waals surface area contributed by atoms with Crippen molar-refractivity contribution in [2.45, 2.75) is 63.1 Å². The molecule has 0 aromatic heterocycles. The number of guanidine groups is 1. The second-order valence-corrected chi connectivity index (χ2v) is 8.27. The third-order valence-electron chi connectivity index (χ3n) is 6.31. The molecule has 1 aromatic carbocycles. The molecule has 7 nitrogen and oxygen atoms in total. The summed E-state index contributed by atoms with van der Waals surface area (Å²) in [6.07, 6.45) is 7.20. The van der Waals surface area contributed by atoms with E-state index in [-0.39, 0.29) is 12.0 Å². The van der Waals surface area contributed by atoms with E-state index in [0.717, 1.165) is 37.9 Å². The average molecular weight is 399 g/mol. The molecular formula is C22H32N5O2+. The van der Waals surface area contributed by atoms with Crippen LogP contribution in [0.15, 0.2) is 36.2 Å². The van der Waals surface area contributed by atoms with Crippen LogP contribution < -0.4 is 11.5 Å². The van der Waals surface area contributed by atoms with Crippen molar-refractivity contribution in [1.29, 1.82) is 5.41 Å². The summed E-state index contributed by atoms with van der Waals surface area (Å²) < 4.78 is 7.85. The molecule has 0 spiro atoms. The summed E-state index contributed by atoms with van der Waals surface area (Å²) in [6, 6.07) is 8.49. The van der Waals surface area contributed by atoms with E-state index < -0.39 is 6.23 Å². The number of allylic oxidation sites excluding steroid dienone is 1. The maximum absolute atomic E-state index is 10.3. The number of hydrogen-bond donors (Lipinski definition) is 4. The first-order valence-corrected chi connectivity index (χ1v) is 10.7. The van der Waals surface area contributed by atoms with E-state index in [0.29, 0.717) is 37.7 Å². The highest BCUT2D eigenvalue weighted by Gasteiger charge is 2.32. The molecule has 1 fully saturated rings. The van der Waals surface area contributed by atoms with Crippen molar-refractivity contribution in [2.75, 3.05) is 13.2 Å². The van der Waals surface area contributed by atoms with E-state index in [9.17, 15) is 5.11 Å². The number of nitrogens with two attached hydrogens (primary N) is 2. The molecule has 1 aromatic rings. The van der Waals surface area contributed by atoms with Crippen LogP contribution >= 0.6 is 0 Å². The van der Waals surface area contributed by atoms with Gasteiger partial charge in [-0.3, -0.25) is 4.90 Å².